The molecule has 0 bridgehead atoms. The van der Waals surface area contributed by atoms with Crippen LogP contribution in [0.25, 0.3) is 10.9 Å². The average Bonchev–Trinajstić information content (AvgIpc) is 3.51. The lowest BCUT2D eigenvalue weighted by Gasteiger charge is -2.22. The first-order valence-electron chi connectivity index (χ1n) is 10.4. The summed E-state index contributed by atoms with van der Waals surface area (Å²) in [4.78, 5) is 29.8. The number of carbonyl (C=O) groups excluding carboxylic acids is 2. The highest BCUT2D eigenvalue weighted by Crippen LogP contribution is 2.35. The molecule has 1 aromatic heterocycles. The molecule has 2 heterocycles. The van der Waals surface area contributed by atoms with E-state index in [1.807, 2.05) is 6.07 Å². The number of nitrogens with zero attached hydrogens (tertiary/aromatic N) is 3. The number of ether oxygens (including phenoxy) is 2. The minimum absolute atomic E-state index is 0.137. The van der Waals surface area contributed by atoms with Crippen molar-refractivity contribution in [1.29, 1.82) is 0 Å². The predicted octanol–water partition coefficient (Wildman–Crippen LogP) is 3.31. The van der Waals surface area contributed by atoms with Crippen molar-refractivity contribution >= 4 is 28.6 Å². The van der Waals surface area contributed by atoms with Crippen LogP contribution in [0.4, 0.5) is 0 Å². The topological polar surface area (TPSA) is 92.0 Å². The van der Waals surface area contributed by atoms with Crippen LogP contribution in [-0.2, 0) is 30.3 Å². The van der Waals surface area contributed by atoms with Gasteiger partial charge in [0.15, 0.2) is 0 Å². The molecule has 1 saturated carbocycles. The van der Waals surface area contributed by atoms with Crippen molar-refractivity contribution in [3.8, 4) is 0 Å². The Bertz CT molecular complexity index is 1010. The lowest BCUT2D eigenvalue weighted by atomic mass is 9.90. The molecule has 2 aromatic rings. The quantitative estimate of drug-likeness (QED) is 0.675. The van der Waals surface area contributed by atoms with Gasteiger partial charge in [0.05, 0.1) is 43.6 Å². The summed E-state index contributed by atoms with van der Waals surface area (Å²) in [6.07, 6.45) is 5.47. The molecule has 1 aliphatic heterocycles. The third-order valence-electron chi connectivity index (χ3n) is 6.12. The fourth-order valence-electron chi connectivity index (χ4n) is 4.47. The molecule has 1 fully saturated rings. The minimum atomic E-state index is -1.49. The number of carbonyl (C=O) groups is 2. The largest absolute Gasteiger partial charge is 0.469 e. The highest BCUT2D eigenvalue weighted by atomic mass is 16.7. The van der Waals surface area contributed by atoms with Crippen molar-refractivity contribution in [2.24, 2.45) is 5.16 Å². The van der Waals surface area contributed by atoms with Crippen molar-refractivity contribution in [3.05, 3.63) is 29.5 Å². The maximum absolute atomic E-state index is 12.4. The van der Waals surface area contributed by atoms with E-state index in [4.69, 9.17) is 19.4 Å². The van der Waals surface area contributed by atoms with Crippen LogP contribution in [0.1, 0.15) is 62.7 Å². The standard InChI is InChI=1S/C22H27N3O5/c1-4-17-16-10-9-14(11-19(16)25(23-17)15-7-5-6-8-15)18-12-22(30-24-18,21(27)29-3)13-20(26)28-2/h9-11,15H,4-8,12-13H2,1-3H3. The van der Waals surface area contributed by atoms with Crippen molar-refractivity contribution in [2.75, 3.05) is 14.2 Å². The lowest BCUT2D eigenvalue weighted by molar-refractivity contribution is -0.173. The number of methoxy groups -OCH3 is 2. The van der Waals surface area contributed by atoms with Gasteiger partial charge in [-0.15, -0.1) is 0 Å². The summed E-state index contributed by atoms with van der Waals surface area (Å²) in [5, 5.41) is 10.2. The van der Waals surface area contributed by atoms with E-state index >= 15 is 0 Å². The Morgan fingerprint density at radius 2 is 2.00 bits per heavy atom. The number of hydrogen-bond acceptors (Lipinski definition) is 7. The van der Waals surface area contributed by atoms with E-state index in [1.165, 1.54) is 27.1 Å². The molecule has 0 saturated heterocycles. The molecule has 1 aromatic carbocycles. The zero-order chi connectivity index (χ0) is 21.3. The molecule has 1 unspecified atom stereocenters. The molecule has 0 spiro atoms. The van der Waals surface area contributed by atoms with Gasteiger partial charge in [0.1, 0.15) is 0 Å². The molecule has 160 valence electrons. The highest BCUT2D eigenvalue weighted by molar-refractivity contribution is 6.07. The van der Waals surface area contributed by atoms with Crippen molar-refractivity contribution in [1.82, 2.24) is 9.78 Å². The van der Waals surface area contributed by atoms with Gasteiger partial charge >= 0.3 is 11.9 Å². The Hall–Kier alpha value is -2.90. The molecule has 0 amide bonds. The second kappa shape index (κ2) is 8.08. The van der Waals surface area contributed by atoms with Crippen LogP contribution in [0.5, 0.6) is 0 Å². The van der Waals surface area contributed by atoms with Crippen LogP contribution in [0.15, 0.2) is 23.4 Å². The van der Waals surface area contributed by atoms with E-state index < -0.39 is 17.5 Å². The fraction of sp³-hybridized carbons (Fsp3) is 0.545. The molecule has 8 nitrogen and oxygen atoms in total. The first kappa shape index (κ1) is 20.4. The fourth-order valence-corrected chi connectivity index (χ4v) is 4.47. The van der Waals surface area contributed by atoms with Crippen molar-refractivity contribution in [2.45, 2.75) is 63.5 Å². The second-order valence-electron chi connectivity index (χ2n) is 7.96. The maximum atomic E-state index is 12.4. The minimum Gasteiger partial charge on any atom is -0.469 e. The normalized spacial score (nSPS) is 21.5. The van der Waals surface area contributed by atoms with Crippen LogP contribution >= 0.6 is 0 Å². The number of aryl methyl sites for hydroxylation is 1. The molecule has 1 aliphatic carbocycles. The molecular formula is C22H27N3O5. The van der Waals surface area contributed by atoms with Crippen molar-refractivity contribution < 1.29 is 23.9 Å². The third-order valence-corrected chi connectivity index (χ3v) is 6.12. The summed E-state index contributed by atoms with van der Waals surface area (Å²) in [6, 6.07) is 6.50. The Morgan fingerprint density at radius 1 is 1.23 bits per heavy atom. The molecule has 2 aliphatic rings. The van der Waals surface area contributed by atoms with Gasteiger partial charge < -0.3 is 14.3 Å². The van der Waals surface area contributed by atoms with Gasteiger partial charge in [-0.2, -0.15) is 5.10 Å². The Morgan fingerprint density at radius 3 is 2.67 bits per heavy atom. The number of aromatic nitrogens is 2. The van der Waals surface area contributed by atoms with Crippen LogP contribution < -0.4 is 0 Å². The molecule has 30 heavy (non-hydrogen) atoms. The van der Waals surface area contributed by atoms with Gasteiger partial charge in [0.2, 0.25) is 5.60 Å². The summed E-state index contributed by atoms with van der Waals surface area (Å²) >= 11 is 0. The number of rotatable bonds is 6. The molecule has 0 radical (unpaired) electrons. The van der Waals surface area contributed by atoms with Crippen LogP contribution in [-0.4, -0.2) is 47.3 Å². The van der Waals surface area contributed by atoms with Crippen LogP contribution in [0.3, 0.4) is 0 Å². The van der Waals surface area contributed by atoms with Gasteiger partial charge in [0.25, 0.3) is 0 Å². The number of esters is 2. The van der Waals surface area contributed by atoms with Gasteiger partial charge in [-0.3, -0.25) is 9.48 Å². The third kappa shape index (κ3) is 3.44. The molecule has 0 N–H and O–H groups in total. The zero-order valence-corrected chi connectivity index (χ0v) is 17.6. The molecule has 8 heteroatoms. The van der Waals surface area contributed by atoms with Gasteiger partial charge in [-0.1, -0.05) is 37.1 Å². The summed E-state index contributed by atoms with van der Waals surface area (Å²) in [7, 11) is 2.54. The number of benzene rings is 1. The van der Waals surface area contributed by atoms with Gasteiger partial charge in [-0.25, -0.2) is 4.79 Å². The van der Waals surface area contributed by atoms with Crippen LogP contribution in [0, 0.1) is 0 Å². The first-order valence-corrected chi connectivity index (χ1v) is 10.4. The second-order valence-corrected chi connectivity index (χ2v) is 7.96. The van der Waals surface area contributed by atoms with E-state index in [-0.39, 0.29) is 12.8 Å². The average molecular weight is 413 g/mol. The Labute approximate surface area is 175 Å². The predicted molar refractivity (Wildman–Crippen MR) is 110 cm³/mol. The smallest absolute Gasteiger partial charge is 0.354 e. The summed E-state index contributed by atoms with van der Waals surface area (Å²) in [5.74, 6) is -1.20. The molecular weight excluding hydrogens is 386 g/mol. The monoisotopic (exact) mass is 413 g/mol. The van der Waals surface area contributed by atoms with E-state index in [9.17, 15) is 9.59 Å². The van der Waals surface area contributed by atoms with E-state index in [0.717, 1.165) is 41.4 Å². The number of oxime groups is 1. The molecule has 1 atom stereocenters. The molecule has 4 rings (SSSR count). The van der Waals surface area contributed by atoms with Crippen molar-refractivity contribution in [3.63, 3.8) is 0 Å². The number of fused-ring (bicyclic) bond motifs is 1. The van der Waals surface area contributed by atoms with E-state index in [2.05, 4.69) is 28.9 Å². The Kier molecular flexibility index (Phi) is 5.49. The SMILES string of the molecule is CCc1nn(C2CCCC2)c2cc(C3=NOC(CC(=O)OC)(C(=O)OC)C3)ccc12. The highest BCUT2D eigenvalue weighted by Gasteiger charge is 2.50. The lowest BCUT2D eigenvalue weighted by Crippen LogP contribution is -2.42. The van der Waals surface area contributed by atoms with E-state index in [0.29, 0.717) is 11.8 Å². The first-order chi connectivity index (χ1) is 14.5. The summed E-state index contributed by atoms with van der Waals surface area (Å²) in [6.45, 7) is 2.11. The number of hydrogen-bond donors (Lipinski definition) is 0. The zero-order valence-electron chi connectivity index (χ0n) is 17.6. The van der Waals surface area contributed by atoms with E-state index in [1.54, 1.807) is 0 Å². The maximum Gasteiger partial charge on any atom is 0.354 e. The summed E-state index contributed by atoms with van der Waals surface area (Å²) in [5.41, 5.74) is 2.11. The van der Waals surface area contributed by atoms with Crippen LogP contribution in [0.2, 0.25) is 0 Å². The van der Waals surface area contributed by atoms with Gasteiger partial charge in [-0.05, 0) is 25.3 Å². The summed E-state index contributed by atoms with van der Waals surface area (Å²) < 4.78 is 11.8. The van der Waals surface area contributed by atoms with Gasteiger partial charge in [0, 0.05) is 17.4 Å². The Balaban J connectivity index is 1.68.